The first-order chi connectivity index (χ1) is 9.02. The van der Waals surface area contributed by atoms with Crippen LogP contribution in [0, 0.1) is 6.92 Å². The first kappa shape index (κ1) is 13.8. The van der Waals surface area contributed by atoms with Crippen molar-refractivity contribution in [3.63, 3.8) is 0 Å². The summed E-state index contributed by atoms with van der Waals surface area (Å²) in [4.78, 5) is 25.0. The molecule has 0 spiro atoms. The van der Waals surface area contributed by atoms with Crippen LogP contribution in [0.5, 0.6) is 0 Å². The van der Waals surface area contributed by atoms with Crippen LogP contribution in [-0.4, -0.2) is 41.4 Å². The Morgan fingerprint density at radius 1 is 1.47 bits per heavy atom. The van der Waals surface area contributed by atoms with E-state index in [2.05, 4.69) is 9.97 Å². The molecule has 19 heavy (non-hydrogen) atoms. The van der Waals surface area contributed by atoms with Crippen molar-refractivity contribution in [1.29, 1.82) is 0 Å². The van der Waals surface area contributed by atoms with Gasteiger partial charge in [-0.25, -0.2) is 9.97 Å². The van der Waals surface area contributed by atoms with Gasteiger partial charge in [-0.15, -0.1) is 0 Å². The fraction of sp³-hybridized carbons (Fsp3) is 0.643. The van der Waals surface area contributed by atoms with Gasteiger partial charge in [-0.05, 0) is 19.8 Å². The Bertz CT molecular complexity index is 473. The number of carbonyl (C=O) groups excluding carboxylic acids is 1. The van der Waals surface area contributed by atoms with E-state index in [1.165, 1.54) is 0 Å². The van der Waals surface area contributed by atoms with Crippen molar-refractivity contribution in [2.75, 3.05) is 25.5 Å². The number of aryl methyl sites for hydroxylation is 1. The van der Waals surface area contributed by atoms with Crippen LogP contribution in [0.3, 0.4) is 0 Å². The maximum Gasteiger partial charge on any atom is 0.222 e. The number of aromatic nitrogens is 2. The third-order valence-electron chi connectivity index (χ3n) is 3.49. The molecule has 1 fully saturated rings. The quantitative estimate of drug-likeness (QED) is 0.835. The number of nitrogens with zero attached hydrogens (tertiary/aromatic N) is 4. The summed E-state index contributed by atoms with van der Waals surface area (Å²) < 4.78 is 0. The van der Waals surface area contributed by atoms with Crippen molar-refractivity contribution < 1.29 is 4.79 Å². The fourth-order valence-corrected chi connectivity index (χ4v) is 2.49. The first-order valence-electron chi connectivity index (χ1n) is 6.85. The van der Waals surface area contributed by atoms with Gasteiger partial charge in [0.15, 0.2) is 5.82 Å². The Morgan fingerprint density at radius 3 is 2.84 bits per heavy atom. The highest BCUT2D eigenvalue weighted by molar-refractivity contribution is 5.76. The van der Waals surface area contributed by atoms with Crippen molar-refractivity contribution in [1.82, 2.24) is 14.9 Å². The summed E-state index contributed by atoms with van der Waals surface area (Å²) in [6.45, 7) is 4.70. The number of hydrogen-bond donors (Lipinski definition) is 0. The number of hydrogen-bond acceptors (Lipinski definition) is 4. The molecule has 1 atom stereocenters. The molecule has 0 unspecified atom stereocenters. The van der Waals surface area contributed by atoms with E-state index in [-0.39, 0.29) is 11.9 Å². The highest BCUT2D eigenvalue weighted by Gasteiger charge is 2.31. The molecular weight excluding hydrogens is 240 g/mol. The predicted molar refractivity (Wildman–Crippen MR) is 75.1 cm³/mol. The van der Waals surface area contributed by atoms with Crippen molar-refractivity contribution >= 4 is 11.7 Å². The van der Waals surface area contributed by atoms with E-state index in [1.54, 1.807) is 0 Å². The van der Waals surface area contributed by atoms with Gasteiger partial charge in [0, 0.05) is 38.8 Å². The third kappa shape index (κ3) is 2.85. The van der Waals surface area contributed by atoms with Crippen LogP contribution in [0.15, 0.2) is 6.07 Å². The van der Waals surface area contributed by atoms with Gasteiger partial charge in [0.1, 0.15) is 5.82 Å². The van der Waals surface area contributed by atoms with Crippen LogP contribution < -0.4 is 4.90 Å². The molecule has 1 aliphatic heterocycles. The summed E-state index contributed by atoms with van der Waals surface area (Å²) in [6, 6.07) is 2.01. The van der Waals surface area contributed by atoms with E-state index >= 15 is 0 Å². The van der Waals surface area contributed by atoms with E-state index in [1.807, 2.05) is 43.8 Å². The van der Waals surface area contributed by atoms with Gasteiger partial charge in [0.2, 0.25) is 5.91 Å². The highest BCUT2D eigenvalue weighted by Crippen LogP contribution is 2.31. The molecule has 0 radical (unpaired) electrons. The highest BCUT2D eigenvalue weighted by atomic mass is 16.2. The van der Waals surface area contributed by atoms with Crippen LogP contribution in [0.25, 0.3) is 0 Å². The van der Waals surface area contributed by atoms with Crippen LogP contribution in [0.4, 0.5) is 5.82 Å². The van der Waals surface area contributed by atoms with Gasteiger partial charge in [0.05, 0.1) is 6.04 Å². The second kappa shape index (κ2) is 5.55. The zero-order valence-electron chi connectivity index (χ0n) is 12.2. The normalized spacial score (nSPS) is 18.7. The molecule has 0 saturated carbocycles. The second-order valence-corrected chi connectivity index (χ2v) is 5.22. The van der Waals surface area contributed by atoms with E-state index in [4.69, 9.17) is 0 Å². The number of carbonyl (C=O) groups is 1. The Hall–Kier alpha value is -1.65. The molecule has 1 saturated heterocycles. The standard InChI is InChI=1S/C14H22N4O/c1-5-13(19)18-8-6-7-11(18)14-15-10(2)9-12(16-14)17(3)4/h9,11H,5-8H2,1-4H3/t11-/m0/s1. The number of anilines is 1. The number of amides is 1. The van der Waals surface area contributed by atoms with Gasteiger partial charge >= 0.3 is 0 Å². The molecule has 2 rings (SSSR count). The predicted octanol–water partition coefficient (Wildman–Crippen LogP) is 1.92. The Balaban J connectivity index is 2.32. The average molecular weight is 262 g/mol. The minimum Gasteiger partial charge on any atom is -0.363 e. The summed E-state index contributed by atoms with van der Waals surface area (Å²) in [5.74, 6) is 1.88. The summed E-state index contributed by atoms with van der Waals surface area (Å²) >= 11 is 0. The van der Waals surface area contributed by atoms with Gasteiger partial charge in [0.25, 0.3) is 0 Å². The molecule has 0 bridgehead atoms. The maximum absolute atomic E-state index is 12.0. The van der Waals surface area contributed by atoms with Crippen molar-refractivity contribution in [2.24, 2.45) is 0 Å². The lowest BCUT2D eigenvalue weighted by atomic mass is 10.2. The molecule has 0 aliphatic carbocycles. The molecular formula is C14H22N4O. The molecule has 0 aromatic carbocycles. The van der Waals surface area contributed by atoms with E-state index in [0.29, 0.717) is 6.42 Å². The van der Waals surface area contributed by atoms with Gasteiger partial charge < -0.3 is 9.80 Å². The molecule has 1 aromatic rings. The molecule has 0 N–H and O–H groups in total. The van der Waals surface area contributed by atoms with Crippen molar-refractivity contribution in [3.8, 4) is 0 Å². The molecule has 104 valence electrons. The lowest BCUT2D eigenvalue weighted by Crippen LogP contribution is -2.31. The molecule has 1 aliphatic rings. The second-order valence-electron chi connectivity index (χ2n) is 5.22. The molecule has 2 heterocycles. The summed E-state index contributed by atoms with van der Waals surface area (Å²) in [7, 11) is 3.93. The zero-order valence-corrected chi connectivity index (χ0v) is 12.2. The minimum absolute atomic E-state index is 0.0473. The van der Waals surface area contributed by atoms with Crippen LogP contribution >= 0.6 is 0 Å². The summed E-state index contributed by atoms with van der Waals surface area (Å²) in [5, 5.41) is 0. The van der Waals surface area contributed by atoms with E-state index < -0.39 is 0 Å². The first-order valence-corrected chi connectivity index (χ1v) is 6.85. The molecule has 5 heteroatoms. The number of rotatable bonds is 3. The average Bonchev–Trinajstić information content (AvgIpc) is 2.86. The Kier molecular flexibility index (Phi) is 4.02. The SMILES string of the molecule is CCC(=O)N1CCC[C@H]1c1nc(C)cc(N(C)C)n1. The minimum atomic E-state index is 0.0473. The smallest absolute Gasteiger partial charge is 0.222 e. The monoisotopic (exact) mass is 262 g/mol. The lowest BCUT2D eigenvalue weighted by molar-refractivity contribution is -0.131. The fourth-order valence-electron chi connectivity index (χ4n) is 2.49. The molecule has 1 aromatic heterocycles. The summed E-state index contributed by atoms with van der Waals surface area (Å²) in [6.07, 6.45) is 2.54. The Labute approximate surface area is 114 Å². The van der Waals surface area contributed by atoms with Gasteiger partial charge in [-0.2, -0.15) is 0 Å². The molecule has 5 nitrogen and oxygen atoms in total. The maximum atomic E-state index is 12.0. The van der Waals surface area contributed by atoms with Crippen molar-refractivity contribution in [3.05, 3.63) is 17.6 Å². The number of likely N-dealkylation sites (tertiary alicyclic amines) is 1. The zero-order chi connectivity index (χ0) is 14.0. The Morgan fingerprint density at radius 2 is 2.21 bits per heavy atom. The largest absolute Gasteiger partial charge is 0.363 e. The molecule has 1 amide bonds. The van der Waals surface area contributed by atoms with E-state index in [0.717, 1.165) is 36.7 Å². The van der Waals surface area contributed by atoms with Crippen molar-refractivity contribution in [2.45, 2.75) is 39.2 Å². The topological polar surface area (TPSA) is 49.3 Å². The van der Waals surface area contributed by atoms with E-state index in [9.17, 15) is 4.79 Å². The van der Waals surface area contributed by atoms with Gasteiger partial charge in [-0.1, -0.05) is 6.92 Å². The van der Waals surface area contributed by atoms with Crippen LogP contribution in [0.2, 0.25) is 0 Å². The lowest BCUT2D eigenvalue weighted by Gasteiger charge is -2.24. The van der Waals surface area contributed by atoms with Gasteiger partial charge in [-0.3, -0.25) is 4.79 Å². The van der Waals surface area contributed by atoms with Crippen LogP contribution in [0.1, 0.15) is 43.7 Å². The third-order valence-corrected chi connectivity index (χ3v) is 3.49. The summed E-state index contributed by atoms with van der Waals surface area (Å²) in [5.41, 5.74) is 0.949. The van der Waals surface area contributed by atoms with Crippen LogP contribution in [-0.2, 0) is 4.79 Å².